The third-order valence-electron chi connectivity index (χ3n) is 7.14. The van der Waals surface area contributed by atoms with Crippen molar-refractivity contribution in [1.82, 2.24) is 19.9 Å². The van der Waals surface area contributed by atoms with Gasteiger partial charge in [0.2, 0.25) is 17.8 Å². The van der Waals surface area contributed by atoms with E-state index < -0.39 is 30.0 Å². The summed E-state index contributed by atoms with van der Waals surface area (Å²) >= 11 is 0. The Morgan fingerprint density at radius 2 is 1.91 bits per heavy atom. The van der Waals surface area contributed by atoms with E-state index in [1.807, 2.05) is 0 Å². The summed E-state index contributed by atoms with van der Waals surface area (Å²) in [5.41, 5.74) is 8.09. The van der Waals surface area contributed by atoms with Gasteiger partial charge in [-0.05, 0) is 37.7 Å². The zero-order chi connectivity index (χ0) is 24.7. The van der Waals surface area contributed by atoms with Crippen molar-refractivity contribution in [2.45, 2.75) is 81.9 Å². The maximum atomic E-state index is 13.5. The van der Waals surface area contributed by atoms with Crippen LogP contribution in [0.3, 0.4) is 0 Å². The number of methoxy groups -OCH3 is 1. The zero-order valence-electron chi connectivity index (χ0n) is 19.7. The fourth-order valence-corrected chi connectivity index (χ4v) is 4.94. The first-order valence-electron chi connectivity index (χ1n) is 11.6. The van der Waals surface area contributed by atoms with Gasteiger partial charge in [-0.2, -0.15) is 5.10 Å². The smallest absolute Gasteiger partial charge is 0.248 e. The maximum absolute atomic E-state index is 13.5. The van der Waals surface area contributed by atoms with E-state index in [0.717, 1.165) is 0 Å². The number of carbonyl (C=O) groups is 1. The van der Waals surface area contributed by atoms with Crippen LogP contribution in [0, 0.1) is 11.8 Å². The lowest BCUT2D eigenvalue weighted by Gasteiger charge is -2.35. The van der Waals surface area contributed by atoms with Gasteiger partial charge in [0.25, 0.3) is 0 Å². The number of hydrogen-bond donors (Lipinski definition) is 2. The van der Waals surface area contributed by atoms with Gasteiger partial charge in [0.15, 0.2) is 5.65 Å². The van der Waals surface area contributed by atoms with Crippen LogP contribution in [0.1, 0.15) is 75.2 Å². The molecule has 2 fully saturated rings. The molecule has 0 aromatic carbocycles. The third kappa shape index (κ3) is 6.42. The van der Waals surface area contributed by atoms with Crippen LogP contribution in [0.5, 0.6) is 0 Å². The van der Waals surface area contributed by atoms with Crippen LogP contribution in [0.25, 0.3) is 5.65 Å². The second-order valence-corrected chi connectivity index (χ2v) is 9.80. The summed E-state index contributed by atoms with van der Waals surface area (Å²) in [5, 5.41) is 7.26. The Balaban J connectivity index is 0.00000342. The SMILES string of the molecule is CO[C@@H](C)[C@@H](NC(=O)CC1CC(F)(F)C1)c1cnn2cc([C@@H](N)C3CCC(F)(F)CC3)nc2c1.Cl. The van der Waals surface area contributed by atoms with Gasteiger partial charge >= 0.3 is 0 Å². The van der Waals surface area contributed by atoms with Crippen molar-refractivity contribution in [2.75, 3.05) is 7.11 Å². The van der Waals surface area contributed by atoms with E-state index in [9.17, 15) is 22.4 Å². The Morgan fingerprint density at radius 3 is 2.51 bits per heavy atom. The quantitative estimate of drug-likeness (QED) is 0.495. The molecule has 2 aliphatic rings. The normalized spacial score (nSPS) is 22.6. The number of aromatic nitrogens is 3. The van der Waals surface area contributed by atoms with Crippen molar-refractivity contribution in [1.29, 1.82) is 0 Å². The summed E-state index contributed by atoms with van der Waals surface area (Å²) in [6.45, 7) is 1.79. The molecule has 0 aliphatic heterocycles. The number of ether oxygens (including phenoxy) is 1. The van der Waals surface area contributed by atoms with Crippen LogP contribution >= 0.6 is 12.4 Å². The third-order valence-corrected chi connectivity index (χ3v) is 7.14. The molecule has 2 aromatic heterocycles. The molecule has 7 nitrogen and oxygen atoms in total. The fourth-order valence-electron chi connectivity index (χ4n) is 4.94. The van der Waals surface area contributed by atoms with Gasteiger partial charge < -0.3 is 15.8 Å². The highest BCUT2D eigenvalue weighted by Crippen LogP contribution is 2.44. The molecule has 0 bridgehead atoms. The van der Waals surface area contributed by atoms with Gasteiger partial charge in [0.05, 0.1) is 36.3 Å². The Kier molecular flexibility index (Phi) is 8.33. The number of nitrogens with two attached hydrogens (primary N) is 1. The highest BCUT2D eigenvalue weighted by Gasteiger charge is 2.46. The minimum absolute atomic E-state index is 0. The van der Waals surface area contributed by atoms with Crippen LogP contribution in [-0.4, -0.2) is 45.6 Å². The topological polar surface area (TPSA) is 94.5 Å². The number of carbonyl (C=O) groups excluding carboxylic acids is 1. The lowest BCUT2D eigenvalue weighted by molar-refractivity contribution is -0.135. The number of halogens is 5. The zero-order valence-corrected chi connectivity index (χ0v) is 20.5. The van der Waals surface area contributed by atoms with Gasteiger partial charge in [0.1, 0.15) is 0 Å². The monoisotopic (exact) mass is 521 g/mol. The summed E-state index contributed by atoms with van der Waals surface area (Å²) in [7, 11) is 1.52. The Bertz CT molecular complexity index is 1020. The molecule has 0 unspecified atom stereocenters. The lowest BCUT2D eigenvalue weighted by Crippen LogP contribution is -2.41. The number of nitrogens with one attached hydrogen (secondary N) is 1. The Hall–Kier alpha value is -1.98. The van der Waals surface area contributed by atoms with Crippen LogP contribution in [0.4, 0.5) is 17.6 Å². The van der Waals surface area contributed by atoms with Gasteiger partial charge in [0, 0.05) is 44.8 Å². The van der Waals surface area contributed by atoms with Gasteiger partial charge in [-0.15, -0.1) is 12.4 Å². The largest absolute Gasteiger partial charge is 0.379 e. The highest BCUT2D eigenvalue weighted by molar-refractivity contribution is 5.85. The molecular formula is C23H32ClF4N5O2. The molecule has 35 heavy (non-hydrogen) atoms. The Labute approximate surface area is 207 Å². The van der Waals surface area contributed by atoms with Crippen LogP contribution in [-0.2, 0) is 9.53 Å². The van der Waals surface area contributed by atoms with E-state index in [1.54, 1.807) is 29.9 Å². The molecule has 3 atom stereocenters. The number of fused-ring (bicyclic) bond motifs is 1. The first-order valence-corrected chi connectivity index (χ1v) is 11.6. The van der Waals surface area contributed by atoms with E-state index in [2.05, 4.69) is 15.4 Å². The number of imidazole rings is 1. The minimum atomic E-state index is -2.67. The number of alkyl halides is 4. The van der Waals surface area contributed by atoms with Crippen molar-refractivity contribution in [3.8, 4) is 0 Å². The molecule has 1 amide bonds. The number of amides is 1. The second kappa shape index (κ2) is 10.6. The summed E-state index contributed by atoms with van der Waals surface area (Å²) in [5.74, 6) is -6.03. The average Bonchev–Trinajstić information content (AvgIpc) is 3.18. The summed E-state index contributed by atoms with van der Waals surface area (Å²) in [6.07, 6.45) is 2.70. The predicted octanol–water partition coefficient (Wildman–Crippen LogP) is 4.60. The summed E-state index contributed by atoms with van der Waals surface area (Å²) < 4.78 is 60.2. The molecule has 2 aromatic rings. The van der Waals surface area contributed by atoms with Crippen molar-refractivity contribution < 1.29 is 27.1 Å². The van der Waals surface area contributed by atoms with Crippen LogP contribution < -0.4 is 11.1 Å². The van der Waals surface area contributed by atoms with Crippen molar-refractivity contribution in [3.63, 3.8) is 0 Å². The number of rotatable bonds is 8. The summed E-state index contributed by atoms with van der Waals surface area (Å²) in [4.78, 5) is 17.1. The van der Waals surface area contributed by atoms with Gasteiger partial charge in [-0.3, -0.25) is 4.79 Å². The Morgan fingerprint density at radius 1 is 1.26 bits per heavy atom. The molecule has 3 N–H and O–H groups in total. The standard InChI is InChI=1S/C23H31F4N5O2.ClH/c1-13(34-2)21(31-19(33)7-14-9-23(26,27)10-14)16-8-18-30-17(12-32(18)29-11-16)20(28)15-3-5-22(24,25)6-4-15;/h8,11-15,20-21H,3-7,9-10,28H2,1-2H3,(H,31,33);1H/t13-,20-,21+;/m0./s1. The van der Waals surface area contributed by atoms with E-state index in [0.29, 0.717) is 29.7 Å². The molecular weight excluding hydrogens is 490 g/mol. The molecule has 0 spiro atoms. The van der Waals surface area contributed by atoms with E-state index in [-0.39, 0.29) is 62.3 Å². The first-order chi connectivity index (χ1) is 16.0. The van der Waals surface area contributed by atoms with Gasteiger partial charge in [-0.25, -0.2) is 27.1 Å². The molecule has 2 saturated carbocycles. The molecule has 0 saturated heterocycles. The summed E-state index contributed by atoms with van der Waals surface area (Å²) in [6, 6.07) is 0.733. The van der Waals surface area contributed by atoms with E-state index >= 15 is 0 Å². The number of nitrogens with zero attached hydrogens (tertiary/aromatic N) is 3. The second-order valence-electron chi connectivity index (χ2n) is 9.80. The average molecular weight is 522 g/mol. The molecule has 196 valence electrons. The van der Waals surface area contributed by atoms with Crippen LogP contribution in [0.2, 0.25) is 0 Å². The van der Waals surface area contributed by atoms with E-state index in [4.69, 9.17) is 10.5 Å². The molecule has 2 aliphatic carbocycles. The fraction of sp³-hybridized carbons (Fsp3) is 0.696. The minimum Gasteiger partial charge on any atom is -0.379 e. The van der Waals surface area contributed by atoms with Crippen molar-refractivity contribution >= 4 is 24.0 Å². The van der Waals surface area contributed by atoms with Crippen molar-refractivity contribution in [3.05, 3.63) is 29.7 Å². The number of hydrogen-bond acceptors (Lipinski definition) is 5. The van der Waals surface area contributed by atoms with Gasteiger partial charge in [-0.1, -0.05) is 0 Å². The first kappa shape index (κ1) is 27.6. The molecule has 4 rings (SSSR count). The molecule has 12 heteroatoms. The maximum Gasteiger partial charge on any atom is 0.248 e. The molecule has 2 heterocycles. The van der Waals surface area contributed by atoms with E-state index in [1.165, 1.54) is 7.11 Å². The van der Waals surface area contributed by atoms with Crippen molar-refractivity contribution in [2.24, 2.45) is 17.6 Å². The predicted molar refractivity (Wildman–Crippen MR) is 124 cm³/mol. The highest BCUT2D eigenvalue weighted by atomic mass is 35.5. The lowest BCUT2D eigenvalue weighted by atomic mass is 9.79. The van der Waals surface area contributed by atoms with Crippen LogP contribution in [0.15, 0.2) is 18.5 Å². The molecule has 0 radical (unpaired) electrons.